The molecule has 3 aliphatic rings. The molecule has 192 valence electrons. The number of rotatable bonds is 5. The molecule has 1 aromatic rings. The Labute approximate surface area is 212 Å². The van der Waals surface area contributed by atoms with Gasteiger partial charge in [-0.25, -0.2) is 0 Å². The number of likely N-dealkylation sites (tertiary alicyclic amines) is 1. The van der Waals surface area contributed by atoms with Gasteiger partial charge in [0.05, 0.1) is 37.0 Å². The zero-order valence-electron chi connectivity index (χ0n) is 21.5. The van der Waals surface area contributed by atoms with Crippen LogP contribution in [0.4, 0.5) is 5.69 Å². The van der Waals surface area contributed by atoms with Gasteiger partial charge >= 0.3 is 11.8 Å². The molecule has 0 spiro atoms. The molecule has 0 N–H and O–H groups in total. The lowest BCUT2D eigenvalue weighted by molar-refractivity contribution is -0.153. The van der Waals surface area contributed by atoms with E-state index >= 15 is 0 Å². The van der Waals surface area contributed by atoms with Crippen LogP contribution in [0.3, 0.4) is 0 Å². The van der Waals surface area contributed by atoms with Gasteiger partial charge < -0.3 is 9.64 Å². The molecule has 1 aliphatic carbocycles. The van der Waals surface area contributed by atoms with Crippen LogP contribution in [0.5, 0.6) is 5.75 Å². The summed E-state index contributed by atoms with van der Waals surface area (Å²) in [5, 5.41) is 0. The van der Waals surface area contributed by atoms with Crippen LogP contribution in [0, 0.1) is 23.7 Å². The first-order valence-corrected chi connectivity index (χ1v) is 12.9. The van der Waals surface area contributed by atoms with Gasteiger partial charge in [0.1, 0.15) is 5.75 Å². The maximum Gasteiger partial charge on any atom is 0.316 e. The number of para-hydroxylation sites is 2. The number of ether oxygens (including phenoxy) is 1. The number of hydrogen-bond donors (Lipinski definition) is 0. The zero-order chi connectivity index (χ0) is 26.0. The Hall–Kier alpha value is -3.34. The second-order valence-electron chi connectivity index (χ2n) is 10.2. The molecule has 1 aromatic carbocycles. The number of piperazine rings is 1. The smallest absolute Gasteiger partial charge is 0.316 e. The molecular weight excluding hydrogens is 458 g/mol. The Morgan fingerprint density at radius 3 is 2.11 bits per heavy atom. The Bertz CT molecular complexity index is 1080. The van der Waals surface area contributed by atoms with Crippen LogP contribution in [0.15, 0.2) is 24.3 Å². The number of hydrogen-bond acceptors (Lipinski definition) is 5. The molecule has 4 atom stereocenters. The molecule has 2 heterocycles. The van der Waals surface area contributed by atoms with Crippen LogP contribution in [-0.2, 0) is 19.2 Å². The van der Waals surface area contributed by atoms with E-state index in [2.05, 4.69) is 11.8 Å². The normalized spacial score (nSPS) is 27.4. The summed E-state index contributed by atoms with van der Waals surface area (Å²) in [7, 11) is 0. The monoisotopic (exact) mass is 493 g/mol. The van der Waals surface area contributed by atoms with Crippen molar-refractivity contribution in [1.29, 1.82) is 0 Å². The van der Waals surface area contributed by atoms with E-state index in [9.17, 15) is 19.2 Å². The zero-order valence-corrected chi connectivity index (χ0v) is 21.5. The summed E-state index contributed by atoms with van der Waals surface area (Å²) in [5.74, 6) is 4.29. The minimum atomic E-state index is -0.627. The number of piperidine rings is 1. The Balaban J connectivity index is 1.46. The van der Waals surface area contributed by atoms with Crippen LogP contribution >= 0.6 is 0 Å². The fourth-order valence-electron chi connectivity index (χ4n) is 5.36. The van der Waals surface area contributed by atoms with Crippen molar-refractivity contribution in [3.8, 4) is 17.6 Å². The number of amides is 4. The third-order valence-electron chi connectivity index (χ3n) is 7.67. The number of carbonyl (C=O) groups excluding carboxylic acids is 4. The summed E-state index contributed by atoms with van der Waals surface area (Å²) in [6.45, 7) is 7.47. The van der Waals surface area contributed by atoms with Gasteiger partial charge in [-0.3, -0.25) is 29.0 Å². The predicted molar refractivity (Wildman–Crippen MR) is 135 cm³/mol. The summed E-state index contributed by atoms with van der Waals surface area (Å²) in [6, 6.07) is 6.81. The van der Waals surface area contributed by atoms with Crippen molar-refractivity contribution < 1.29 is 23.9 Å². The van der Waals surface area contributed by atoms with Crippen LogP contribution in [0.2, 0.25) is 0 Å². The van der Waals surface area contributed by atoms with Gasteiger partial charge in [0.25, 0.3) is 0 Å². The Morgan fingerprint density at radius 1 is 0.833 bits per heavy atom. The number of benzene rings is 1. The van der Waals surface area contributed by atoms with Crippen molar-refractivity contribution in [2.24, 2.45) is 11.8 Å². The molecule has 2 aliphatic heterocycles. The van der Waals surface area contributed by atoms with Gasteiger partial charge in [-0.1, -0.05) is 37.8 Å². The Morgan fingerprint density at radius 2 is 1.44 bits per heavy atom. The highest BCUT2D eigenvalue weighted by atomic mass is 16.5. The standard InChI is InChI=1S/C28H35N3O5/c1-18-17-19(2)26(33)30(25(18)32)16-10-9-15-29-20(3)21(4)31(28(35)27(29)34)23-13-7-8-14-24(23)36-22-11-5-6-12-22/h7-8,13-14,18-22H,5-6,11-12,15-17H2,1-4H3. The first kappa shape index (κ1) is 25.7. The third kappa shape index (κ3) is 4.97. The van der Waals surface area contributed by atoms with Gasteiger partial charge in [0, 0.05) is 11.8 Å². The molecule has 36 heavy (non-hydrogen) atoms. The van der Waals surface area contributed by atoms with Gasteiger partial charge in [-0.15, -0.1) is 0 Å². The fourth-order valence-corrected chi connectivity index (χ4v) is 5.36. The summed E-state index contributed by atoms with van der Waals surface area (Å²) in [5.41, 5.74) is 0.609. The highest BCUT2D eigenvalue weighted by Gasteiger charge is 2.43. The molecule has 0 radical (unpaired) electrons. The summed E-state index contributed by atoms with van der Waals surface area (Å²) in [4.78, 5) is 55.3. The van der Waals surface area contributed by atoms with E-state index in [1.165, 1.54) is 14.7 Å². The predicted octanol–water partition coefficient (Wildman–Crippen LogP) is 2.99. The molecule has 0 bridgehead atoms. The van der Waals surface area contributed by atoms with Gasteiger partial charge in [-0.05, 0) is 58.1 Å². The van der Waals surface area contributed by atoms with Crippen LogP contribution < -0.4 is 9.64 Å². The van der Waals surface area contributed by atoms with Crippen LogP contribution in [0.1, 0.15) is 59.8 Å². The highest BCUT2D eigenvalue weighted by molar-refractivity contribution is 6.41. The summed E-state index contributed by atoms with van der Waals surface area (Å²) < 4.78 is 6.22. The lowest BCUT2D eigenvalue weighted by Crippen LogP contribution is -2.63. The molecule has 1 saturated carbocycles. The minimum absolute atomic E-state index is 0.00966. The molecule has 4 amide bonds. The topological polar surface area (TPSA) is 87.2 Å². The molecule has 2 saturated heterocycles. The second-order valence-corrected chi connectivity index (χ2v) is 10.2. The van der Waals surface area contributed by atoms with Crippen LogP contribution in [0.25, 0.3) is 0 Å². The van der Waals surface area contributed by atoms with E-state index in [1.807, 2.05) is 52.0 Å². The number of carbonyl (C=O) groups is 4. The van der Waals surface area contributed by atoms with E-state index in [0.29, 0.717) is 17.9 Å². The van der Waals surface area contributed by atoms with Gasteiger partial charge in [0.15, 0.2) is 0 Å². The second kappa shape index (κ2) is 10.7. The third-order valence-corrected chi connectivity index (χ3v) is 7.67. The van der Waals surface area contributed by atoms with Crippen molar-refractivity contribution in [2.45, 2.75) is 78.0 Å². The molecule has 0 aromatic heterocycles. The average Bonchev–Trinajstić information content (AvgIpc) is 3.37. The average molecular weight is 494 g/mol. The molecule has 8 nitrogen and oxygen atoms in total. The van der Waals surface area contributed by atoms with E-state index in [0.717, 1.165) is 25.7 Å². The van der Waals surface area contributed by atoms with Crippen molar-refractivity contribution >= 4 is 29.3 Å². The lowest BCUT2D eigenvalue weighted by Gasteiger charge is -2.43. The van der Waals surface area contributed by atoms with Crippen molar-refractivity contribution in [3.63, 3.8) is 0 Å². The van der Waals surface area contributed by atoms with Crippen molar-refractivity contribution in [1.82, 2.24) is 9.80 Å². The number of anilines is 1. The molecular formula is C28H35N3O5. The highest BCUT2D eigenvalue weighted by Crippen LogP contribution is 2.36. The SMILES string of the molecule is CC1CC(C)C(=O)N(CC#CCN2C(=O)C(=O)N(c3ccccc3OC3CCCC3)C(C)C2C)C1=O. The molecule has 3 fully saturated rings. The first-order chi connectivity index (χ1) is 17.2. The van der Waals surface area contributed by atoms with Crippen LogP contribution in [-0.4, -0.2) is 64.7 Å². The minimum Gasteiger partial charge on any atom is -0.488 e. The molecule has 4 unspecified atom stereocenters. The van der Waals surface area contributed by atoms with E-state index in [4.69, 9.17) is 4.74 Å². The van der Waals surface area contributed by atoms with Gasteiger partial charge in [0.2, 0.25) is 11.8 Å². The van der Waals surface area contributed by atoms with Gasteiger partial charge in [-0.2, -0.15) is 0 Å². The lowest BCUT2D eigenvalue weighted by atomic mass is 9.90. The summed E-state index contributed by atoms with van der Waals surface area (Å²) >= 11 is 0. The number of imide groups is 1. The van der Waals surface area contributed by atoms with E-state index in [-0.39, 0.29) is 54.9 Å². The Kier molecular flexibility index (Phi) is 7.67. The van der Waals surface area contributed by atoms with E-state index in [1.54, 1.807) is 0 Å². The quantitative estimate of drug-likeness (QED) is 0.358. The molecule has 4 rings (SSSR count). The summed E-state index contributed by atoms with van der Waals surface area (Å²) in [6.07, 6.45) is 4.93. The molecule has 8 heteroatoms. The number of nitrogens with zero attached hydrogens (tertiary/aromatic N) is 3. The van der Waals surface area contributed by atoms with E-state index < -0.39 is 11.8 Å². The fraction of sp³-hybridized carbons (Fsp3) is 0.571. The van der Waals surface area contributed by atoms with Crippen molar-refractivity contribution in [2.75, 3.05) is 18.0 Å². The largest absolute Gasteiger partial charge is 0.488 e. The first-order valence-electron chi connectivity index (χ1n) is 12.9. The van der Waals surface area contributed by atoms with Crippen molar-refractivity contribution in [3.05, 3.63) is 24.3 Å². The maximum atomic E-state index is 13.3. The maximum absolute atomic E-state index is 13.3.